The minimum absolute atomic E-state index is 1.01. The van der Waals surface area contributed by atoms with Crippen molar-refractivity contribution in [1.82, 2.24) is 9.80 Å². The van der Waals surface area contributed by atoms with Crippen molar-refractivity contribution in [2.24, 2.45) is 0 Å². The highest BCUT2D eigenvalue weighted by molar-refractivity contribution is 4.96. The zero-order valence-corrected chi connectivity index (χ0v) is 7.33. The summed E-state index contributed by atoms with van der Waals surface area (Å²) in [6.07, 6.45) is 9.64. The fraction of sp³-hybridized carbons (Fsp3) is 0.556. The first kappa shape index (κ1) is 8.18. The van der Waals surface area contributed by atoms with Gasteiger partial charge in [0, 0.05) is 25.1 Å². The molecule has 1 aliphatic rings. The van der Waals surface area contributed by atoms with Gasteiger partial charge in [0.05, 0.1) is 6.67 Å². The van der Waals surface area contributed by atoms with Crippen molar-refractivity contribution in [1.29, 1.82) is 0 Å². The molecular formula is C9H16N2. The van der Waals surface area contributed by atoms with Gasteiger partial charge >= 0.3 is 0 Å². The Bertz CT molecular complexity index is 161. The summed E-state index contributed by atoms with van der Waals surface area (Å²) in [6, 6.07) is 0. The van der Waals surface area contributed by atoms with Gasteiger partial charge in [-0.3, -0.25) is 0 Å². The van der Waals surface area contributed by atoms with Crippen LogP contribution >= 0.6 is 0 Å². The van der Waals surface area contributed by atoms with Gasteiger partial charge in [0.25, 0.3) is 0 Å². The predicted molar refractivity (Wildman–Crippen MR) is 47.7 cm³/mol. The highest BCUT2D eigenvalue weighted by Crippen LogP contribution is 2.05. The Morgan fingerprint density at radius 1 is 1.36 bits per heavy atom. The van der Waals surface area contributed by atoms with Gasteiger partial charge in [-0.2, -0.15) is 0 Å². The van der Waals surface area contributed by atoms with E-state index in [0.29, 0.717) is 0 Å². The summed E-state index contributed by atoms with van der Waals surface area (Å²) in [5, 5.41) is 0. The van der Waals surface area contributed by atoms with E-state index in [1.807, 2.05) is 0 Å². The lowest BCUT2D eigenvalue weighted by molar-refractivity contribution is 0.327. The molecule has 0 atom stereocenters. The molecule has 1 aliphatic heterocycles. The molecule has 62 valence electrons. The van der Waals surface area contributed by atoms with E-state index >= 15 is 0 Å². The Morgan fingerprint density at radius 3 is 2.73 bits per heavy atom. The van der Waals surface area contributed by atoms with Crippen LogP contribution in [0.25, 0.3) is 0 Å². The molecule has 1 rings (SSSR count). The second-order valence-electron chi connectivity index (χ2n) is 2.65. The summed E-state index contributed by atoms with van der Waals surface area (Å²) < 4.78 is 0. The van der Waals surface area contributed by atoms with Gasteiger partial charge in [-0.25, -0.2) is 0 Å². The maximum atomic E-state index is 2.26. The lowest BCUT2D eigenvalue weighted by atomic mass is 10.5. The molecule has 0 aromatic carbocycles. The molecule has 2 heteroatoms. The summed E-state index contributed by atoms with van der Waals surface area (Å²) in [4.78, 5) is 4.45. The third kappa shape index (κ3) is 2.30. The van der Waals surface area contributed by atoms with Crippen molar-refractivity contribution in [3.8, 4) is 0 Å². The highest BCUT2D eigenvalue weighted by atomic mass is 15.3. The molecule has 2 nitrogen and oxygen atoms in total. The van der Waals surface area contributed by atoms with Crippen LogP contribution in [0, 0.1) is 0 Å². The Labute approximate surface area is 68.8 Å². The van der Waals surface area contributed by atoms with Crippen LogP contribution in [0.5, 0.6) is 0 Å². The van der Waals surface area contributed by atoms with E-state index in [0.717, 1.165) is 19.6 Å². The van der Waals surface area contributed by atoms with Crippen molar-refractivity contribution in [3.05, 3.63) is 24.7 Å². The van der Waals surface area contributed by atoms with Crippen molar-refractivity contribution in [3.63, 3.8) is 0 Å². The summed E-state index contributed by atoms with van der Waals surface area (Å²) >= 11 is 0. The van der Waals surface area contributed by atoms with E-state index in [1.165, 1.54) is 0 Å². The van der Waals surface area contributed by atoms with Crippen LogP contribution in [0.1, 0.15) is 20.3 Å². The predicted octanol–water partition coefficient (Wildman–Crippen LogP) is 1.98. The standard InChI is InChI=1S/C9H16N2/c1-3-5-6-11-8-7-10(4-2)9-11/h5-8H,3-4,9H2,1-2H3. The Kier molecular flexibility index (Phi) is 3.02. The van der Waals surface area contributed by atoms with Crippen LogP contribution in [0.4, 0.5) is 0 Å². The number of rotatable bonds is 3. The Hall–Kier alpha value is -0.920. The van der Waals surface area contributed by atoms with E-state index in [2.05, 4.69) is 48.3 Å². The number of nitrogens with zero attached hydrogens (tertiary/aromatic N) is 2. The molecule has 0 aromatic heterocycles. The van der Waals surface area contributed by atoms with E-state index < -0.39 is 0 Å². The highest BCUT2D eigenvalue weighted by Gasteiger charge is 2.05. The normalized spacial score (nSPS) is 17.3. The molecule has 0 N–H and O–H groups in total. The average Bonchev–Trinajstić information content (AvgIpc) is 2.48. The number of allylic oxidation sites excluding steroid dienone is 1. The van der Waals surface area contributed by atoms with Crippen LogP contribution < -0.4 is 0 Å². The van der Waals surface area contributed by atoms with Crippen molar-refractivity contribution >= 4 is 0 Å². The topological polar surface area (TPSA) is 6.48 Å². The van der Waals surface area contributed by atoms with E-state index in [-0.39, 0.29) is 0 Å². The minimum atomic E-state index is 1.01. The van der Waals surface area contributed by atoms with Crippen molar-refractivity contribution in [2.75, 3.05) is 13.2 Å². The molecule has 0 radical (unpaired) electrons. The molecule has 1 heterocycles. The van der Waals surface area contributed by atoms with Crippen molar-refractivity contribution < 1.29 is 0 Å². The number of hydrogen-bond acceptors (Lipinski definition) is 2. The van der Waals surface area contributed by atoms with Crippen LogP contribution in [-0.4, -0.2) is 23.0 Å². The second kappa shape index (κ2) is 4.06. The molecular weight excluding hydrogens is 136 g/mol. The van der Waals surface area contributed by atoms with E-state index in [9.17, 15) is 0 Å². The smallest absolute Gasteiger partial charge is 0.0935 e. The first-order valence-corrected chi connectivity index (χ1v) is 4.21. The molecule has 0 fully saturated rings. The molecule has 0 unspecified atom stereocenters. The second-order valence-corrected chi connectivity index (χ2v) is 2.65. The maximum Gasteiger partial charge on any atom is 0.0935 e. The van der Waals surface area contributed by atoms with Gasteiger partial charge in [0.1, 0.15) is 0 Å². The third-order valence-electron chi connectivity index (χ3n) is 1.75. The maximum absolute atomic E-state index is 2.26. The van der Waals surface area contributed by atoms with Gasteiger partial charge in [0.2, 0.25) is 0 Å². The largest absolute Gasteiger partial charge is 0.359 e. The zero-order chi connectivity index (χ0) is 8.10. The van der Waals surface area contributed by atoms with Crippen LogP contribution in [-0.2, 0) is 0 Å². The van der Waals surface area contributed by atoms with Gasteiger partial charge in [0.15, 0.2) is 0 Å². The van der Waals surface area contributed by atoms with E-state index in [1.54, 1.807) is 0 Å². The molecule has 0 spiro atoms. The average molecular weight is 152 g/mol. The summed E-state index contributed by atoms with van der Waals surface area (Å²) in [6.45, 7) is 6.41. The van der Waals surface area contributed by atoms with Crippen LogP contribution in [0.3, 0.4) is 0 Å². The fourth-order valence-corrected chi connectivity index (χ4v) is 1.03. The molecule has 0 bridgehead atoms. The molecule has 0 amide bonds. The lowest BCUT2D eigenvalue weighted by Gasteiger charge is -2.15. The zero-order valence-electron chi connectivity index (χ0n) is 7.33. The quantitative estimate of drug-likeness (QED) is 0.610. The molecule has 0 aliphatic carbocycles. The lowest BCUT2D eigenvalue weighted by Crippen LogP contribution is -2.21. The minimum Gasteiger partial charge on any atom is -0.359 e. The Morgan fingerprint density at radius 2 is 2.18 bits per heavy atom. The molecule has 0 saturated heterocycles. The summed E-state index contributed by atoms with van der Waals surface area (Å²) in [5.74, 6) is 0. The van der Waals surface area contributed by atoms with Crippen LogP contribution in [0.2, 0.25) is 0 Å². The monoisotopic (exact) mass is 152 g/mol. The van der Waals surface area contributed by atoms with Crippen LogP contribution in [0.15, 0.2) is 24.7 Å². The Balaban J connectivity index is 2.31. The third-order valence-corrected chi connectivity index (χ3v) is 1.75. The first-order valence-electron chi connectivity index (χ1n) is 4.21. The molecule has 0 aromatic rings. The first-order chi connectivity index (χ1) is 5.36. The summed E-state index contributed by atoms with van der Waals surface area (Å²) in [5.41, 5.74) is 0. The van der Waals surface area contributed by atoms with Gasteiger partial charge in [-0.05, 0) is 13.3 Å². The number of hydrogen-bond donors (Lipinski definition) is 0. The van der Waals surface area contributed by atoms with E-state index in [4.69, 9.17) is 0 Å². The fourth-order valence-electron chi connectivity index (χ4n) is 1.03. The van der Waals surface area contributed by atoms with Gasteiger partial charge in [-0.15, -0.1) is 0 Å². The van der Waals surface area contributed by atoms with Crippen molar-refractivity contribution in [2.45, 2.75) is 20.3 Å². The van der Waals surface area contributed by atoms with Gasteiger partial charge in [-0.1, -0.05) is 13.0 Å². The summed E-state index contributed by atoms with van der Waals surface area (Å²) in [7, 11) is 0. The molecule has 0 saturated carbocycles. The molecule has 11 heavy (non-hydrogen) atoms. The SMILES string of the molecule is CCC=CN1C=CN(CC)C1. The van der Waals surface area contributed by atoms with Gasteiger partial charge < -0.3 is 9.80 Å².